The van der Waals surface area contributed by atoms with Crippen LogP contribution < -0.4 is 27.5 Å². The van der Waals surface area contributed by atoms with E-state index in [0.717, 1.165) is 6.34 Å². The Labute approximate surface area is 125 Å². The number of aromatic nitrogens is 2. The molecule has 10 nitrogen and oxygen atoms in total. The smallest absolute Gasteiger partial charge is 0.332 e. The monoisotopic (exact) mass is 314 g/mol. The highest BCUT2D eigenvalue weighted by Gasteiger charge is 2.16. The van der Waals surface area contributed by atoms with E-state index in [9.17, 15) is 9.59 Å². The minimum absolute atomic E-state index is 0.00949. The molecule has 0 aliphatic heterocycles. The fraction of sp³-hybridized carbons (Fsp3) is 0.300. The predicted octanol–water partition coefficient (Wildman–Crippen LogP) is -0.126. The number of hydrogen-bond donors (Lipinski definition) is 5. The molecule has 11 heteroatoms. The molecule has 0 radical (unpaired) electrons. The lowest BCUT2D eigenvalue weighted by Crippen LogP contribution is -2.29. The quantitative estimate of drug-likeness (QED) is 0.289. The van der Waals surface area contributed by atoms with Crippen LogP contribution in [0.15, 0.2) is 5.10 Å². The lowest BCUT2D eigenvalue weighted by Gasteiger charge is -2.12. The molecule has 1 rings (SSSR count). The van der Waals surface area contributed by atoms with E-state index in [4.69, 9.17) is 23.1 Å². The molecular formula is C10H15ClN8O2. The van der Waals surface area contributed by atoms with Gasteiger partial charge in [-0.3, -0.25) is 4.79 Å². The number of rotatable bonds is 5. The van der Waals surface area contributed by atoms with Gasteiger partial charge >= 0.3 is 6.03 Å². The highest BCUT2D eigenvalue weighted by Crippen LogP contribution is 2.20. The van der Waals surface area contributed by atoms with Gasteiger partial charge < -0.3 is 22.1 Å². The zero-order chi connectivity index (χ0) is 16.0. The molecule has 1 heterocycles. The number of nitrogens with one attached hydrogen (secondary N) is 3. The van der Waals surface area contributed by atoms with E-state index in [1.165, 1.54) is 0 Å². The molecule has 7 N–H and O–H groups in total. The van der Waals surface area contributed by atoms with Crippen LogP contribution in [0.25, 0.3) is 0 Å². The van der Waals surface area contributed by atoms with Gasteiger partial charge in [-0.1, -0.05) is 11.6 Å². The average Bonchev–Trinajstić information content (AvgIpc) is 2.37. The Hall–Kier alpha value is -2.62. The second kappa shape index (κ2) is 7.24. The Bertz CT molecular complexity index is 574. The SMILES string of the molecule is CC(C)Nc1nc(N)c(C(=O)NC=NNC(N)=O)nc1Cl. The zero-order valence-electron chi connectivity index (χ0n) is 11.3. The van der Waals surface area contributed by atoms with Crippen molar-refractivity contribution in [3.63, 3.8) is 0 Å². The summed E-state index contributed by atoms with van der Waals surface area (Å²) in [5.41, 5.74) is 12.2. The van der Waals surface area contributed by atoms with Crippen molar-refractivity contribution in [3.8, 4) is 0 Å². The van der Waals surface area contributed by atoms with Crippen LogP contribution in [0.5, 0.6) is 0 Å². The number of primary amides is 1. The van der Waals surface area contributed by atoms with Gasteiger partial charge in [0.05, 0.1) is 0 Å². The first-order chi connectivity index (χ1) is 9.81. The van der Waals surface area contributed by atoms with Gasteiger partial charge in [0, 0.05) is 6.04 Å². The van der Waals surface area contributed by atoms with Gasteiger partial charge in [-0.15, -0.1) is 0 Å². The lowest BCUT2D eigenvalue weighted by atomic mass is 10.3. The first kappa shape index (κ1) is 16.4. The normalized spacial score (nSPS) is 10.7. The number of carbonyl (C=O) groups is 2. The number of hydrazone groups is 1. The van der Waals surface area contributed by atoms with Crippen molar-refractivity contribution >= 4 is 41.5 Å². The predicted molar refractivity (Wildman–Crippen MR) is 78.9 cm³/mol. The number of carbonyl (C=O) groups excluding carboxylic acids is 2. The summed E-state index contributed by atoms with van der Waals surface area (Å²) in [5.74, 6) is -0.505. The van der Waals surface area contributed by atoms with Crippen molar-refractivity contribution in [2.45, 2.75) is 19.9 Å². The third kappa shape index (κ3) is 5.10. The summed E-state index contributed by atoms with van der Waals surface area (Å²) in [6, 6.07) is -0.796. The van der Waals surface area contributed by atoms with Crippen molar-refractivity contribution in [1.29, 1.82) is 0 Å². The van der Waals surface area contributed by atoms with Gasteiger partial charge in [0.15, 0.2) is 22.5 Å². The van der Waals surface area contributed by atoms with Crippen LogP contribution in [-0.4, -0.2) is 34.3 Å². The molecule has 1 aromatic heterocycles. The Balaban J connectivity index is 2.83. The Morgan fingerprint density at radius 2 is 2.05 bits per heavy atom. The minimum Gasteiger partial charge on any atom is -0.382 e. The lowest BCUT2D eigenvalue weighted by molar-refractivity contribution is 0.0974. The zero-order valence-corrected chi connectivity index (χ0v) is 12.1. The molecule has 1 aromatic rings. The van der Waals surface area contributed by atoms with Gasteiger partial charge in [-0.25, -0.2) is 20.2 Å². The van der Waals surface area contributed by atoms with E-state index in [-0.39, 0.29) is 28.5 Å². The molecule has 0 atom stereocenters. The molecule has 0 unspecified atom stereocenters. The van der Waals surface area contributed by atoms with Gasteiger partial charge in [0.1, 0.15) is 6.34 Å². The first-order valence-electron chi connectivity index (χ1n) is 5.78. The summed E-state index contributed by atoms with van der Waals surface area (Å²) in [5, 5.41) is 8.50. The number of nitrogens with two attached hydrogens (primary N) is 2. The maximum Gasteiger partial charge on any atom is 0.332 e. The standard InChI is InChI=1S/C10H15ClN8O2/c1-4(2)16-8-6(11)17-5(7(12)18-8)9(20)14-3-15-19-10(13)21/h3-4H,1-2H3,(H3,12,16,18)(H3,13,19,21)(H,14,15,20). The summed E-state index contributed by atoms with van der Waals surface area (Å²) in [4.78, 5) is 30.0. The van der Waals surface area contributed by atoms with E-state index in [1.54, 1.807) is 0 Å². The second-order valence-electron chi connectivity index (χ2n) is 4.10. The van der Waals surface area contributed by atoms with Crippen molar-refractivity contribution in [3.05, 3.63) is 10.8 Å². The molecule has 114 valence electrons. The molecule has 0 spiro atoms. The molecule has 0 fully saturated rings. The van der Waals surface area contributed by atoms with Gasteiger partial charge in [0.25, 0.3) is 5.91 Å². The van der Waals surface area contributed by atoms with Crippen LogP contribution in [0.1, 0.15) is 24.3 Å². The molecule has 0 aliphatic rings. The Kier molecular flexibility index (Phi) is 5.67. The fourth-order valence-corrected chi connectivity index (χ4v) is 1.40. The number of anilines is 2. The third-order valence-electron chi connectivity index (χ3n) is 1.96. The number of urea groups is 1. The topological polar surface area (TPSA) is 160 Å². The first-order valence-corrected chi connectivity index (χ1v) is 6.16. The van der Waals surface area contributed by atoms with Crippen molar-refractivity contribution in [2.75, 3.05) is 11.1 Å². The van der Waals surface area contributed by atoms with E-state index >= 15 is 0 Å². The van der Waals surface area contributed by atoms with Gasteiger partial charge in [0.2, 0.25) is 0 Å². The fourth-order valence-electron chi connectivity index (χ4n) is 1.22. The van der Waals surface area contributed by atoms with E-state index < -0.39 is 11.9 Å². The van der Waals surface area contributed by atoms with Crippen molar-refractivity contribution in [1.82, 2.24) is 20.7 Å². The summed E-state index contributed by atoms with van der Waals surface area (Å²) in [7, 11) is 0. The van der Waals surface area contributed by atoms with Crippen LogP contribution in [0.4, 0.5) is 16.4 Å². The summed E-state index contributed by atoms with van der Waals surface area (Å²) >= 11 is 5.91. The van der Waals surface area contributed by atoms with Crippen molar-refractivity contribution < 1.29 is 9.59 Å². The molecule has 21 heavy (non-hydrogen) atoms. The second-order valence-corrected chi connectivity index (χ2v) is 4.46. The molecule has 0 saturated heterocycles. The van der Waals surface area contributed by atoms with Crippen molar-refractivity contribution in [2.24, 2.45) is 10.8 Å². The van der Waals surface area contributed by atoms with E-state index in [1.807, 2.05) is 19.3 Å². The molecule has 0 saturated carbocycles. The van der Waals surface area contributed by atoms with Crippen LogP contribution in [0.3, 0.4) is 0 Å². The Morgan fingerprint density at radius 1 is 1.38 bits per heavy atom. The molecule has 3 amide bonds. The number of nitrogens with zero attached hydrogens (tertiary/aromatic N) is 3. The van der Waals surface area contributed by atoms with E-state index in [2.05, 4.69) is 25.7 Å². The molecular weight excluding hydrogens is 300 g/mol. The molecule has 0 bridgehead atoms. The van der Waals surface area contributed by atoms with Gasteiger partial charge in [-0.2, -0.15) is 5.10 Å². The maximum absolute atomic E-state index is 11.8. The number of nitrogen functional groups attached to an aromatic ring is 1. The van der Waals surface area contributed by atoms with Crippen LogP contribution >= 0.6 is 11.6 Å². The minimum atomic E-state index is -0.869. The average molecular weight is 315 g/mol. The summed E-state index contributed by atoms with van der Waals surface area (Å²) in [6.07, 6.45) is 0.919. The molecule has 0 aromatic carbocycles. The third-order valence-corrected chi connectivity index (χ3v) is 2.22. The summed E-state index contributed by atoms with van der Waals surface area (Å²) < 4.78 is 0. The molecule has 0 aliphatic carbocycles. The van der Waals surface area contributed by atoms with E-state index in [0.29, 0.717) is 0 Å². The number of hydrogen-bond acceptors (Lipinski definition) is 7. The van der Waals surface area contributed by atoms with Gasteiger partial charge in [-0.05, 0) is 13.8 Å². The number of halogens is 1. The Morgan fingerprint density at radius 3 is 2.62 bits per heavy atom. The highest BCUT2D eigenvalue weighted by molar-refractivity contribution is 6.32. The van der Waals surface area contributed by atoms with Crippen LogP contribution in [-0.2, 0) is 0 Å². The maximum atomic E-state index is 11.8. The van der Waals surface area contributed by atoms with Crippen LogP contribution in [0.2, 0.25) is 5.15 Å². The van der Waals surface area contributed by atoms with Crippen LogP contribution in [0, 0.1) is 0 Å². The number of amides is 3. The summed E-state index contributed by atoms with van der Waals surface area (Å²) in [6.45, 7) is 3.77. The largest absolute Gasteiger partial charge is 0.382 e. The highest BCUT2D eigenvalue weighted by atomic mass is 35.5.